The van der Waals surface area contributed by atoms with Gasteiger partial charge < -0.3 is 5.32 Å². The Balaban J connectivity index is 1.63. The second kappa shape index (κ2) is 11.5. The average molecular weight is 638 g/mol. The molecular weight excluding hydrogens is 608 g/mol. The van der Waals surface area contributed by atoms with Crippen molar-refractivity contribution in [3.8, 4) is 0 Å². The van der Waals surface area contributed by atoms with Crippen LogP contribution in [0.5, 0.6) is 0 Å². The lowest BCUT2D eigenvalue weighted by molar-refractivity contribution is -0.134. The van der Waals surface area contributed by atoms with Crippen molar-refractivity contribution in [2.75, 3.05) is 19.6 Å². The number of allylic oxidation sites excluding steroid dienone is 2. The summed E-state index contributed by atoms with van der Waals surface area (Å²) in [4.78, 5) is 29.4. The third-order valence-electron chi connectivity index (χ3n) is 7.36. The normalized spacial score (nSPS) is 22.8. The van der Waals surface area contributed by atoms with Crippen LogP contribution in [0.25, 0.3) is 5.57 Å². The van der Waals surface area contributed by atoms with Gasteiger partial charge in [-0.15, -0.1) is 0 Å². The molecule has 196 valence electrons. The van der Waals surface area contributed by atoms with Gasteiger partial charge in [-0.25, -0.2) is 5.01 Å². The van der Waals surface area contributed by atoms with Crippen LogP contribution in [0, 0.1) is 5.92 Å². The number of fused-ring (bicyclic) bond motifs is 1. The van der Waals surface area contributed by atoms with Gasteiger partial charge in [0.25, 0.3) is 11.8 Å². The van der Waals surface area contributed by atoms with E-state index in [1.165, 1.54) is 0 Å². The van der Waals surface area contributed by atoms with Crippen molar-refractivity contribution in [3.05, 3.63) is 98.5 Å². The summed E-state index contributed by atoms with van der Waals surface area (Å²) in [6.07, 6.45) is 6.59. The van der Waals surface area contributed by atoms with E-state index < -0.39 is 0 Å². The van der Waals surface area contributed by atoms with Gasteiger partial charge in [0.05, 0.1) is 29.9 Å². The molecule has 1 aliphatic carbocycles. The number of carbonyl (C=O) groups excluding carboxylic acids is 2. The van der Waals surface area contributed by atoms with Gasteiger partial charge in [-0.2, -0.15) is 5.10 Å². The van der Waals surface area contributed by atoms with E-state index in [2.05, 4.69) is 48.2 Å². The second-order valence-corrected chi connectivity index (χ2v) is 11.4. The largest absolute Gasteiger partial charge is 0.345 e. The minimum atomic E-state index is -0.287. The number of benzene rings is 2. The van der Waals surface area contributed by atoms with Gasteiger partial charge in [0.1, 0.15) is 0 Å². The summed E-state index contributed by atoms with van der Waals surface area (Å²) in [5.74, 6) is -0.290. The summed E-state index contributed by atoms with van der Waals surface area (Å²) < 4.78 is 1.94. The SMILES string of the molecule is CCN(CC)CC(=O)N1N=C(C2=C(c3ccccc3)C3C=C(Br)C=CC3NC2=O)CC1c1ccc(Br)cc1. The van der Waals surface area contributed by atoms with Crippen molar-refractivity contribution in [3.63, 3.8) is 0 Å². The van der Waals surface area contributed by atoms with Crippen LogP contribution in [0.15, 0.2) is 92.5 Å². The Labute approximate surface area is 240 Å². The minimum absolute atomic E-state index is 0.0567. The molecule has 0 aromatic heterocycles. The summed E-state index contributed by atoms with van der Waals surface area (Å²) in [6.45, 7) is 5.92. The van der Waals surface area contributed by atoms with Crippen molar-refractivity contribution in [1.29, 1.82) is 0 Å². The fourth-order valence-electron chi connectivity index (χ4n) is 5.35. The van der Waals surface area contributed by atoms with Gasteiger partial charge in [0.2, 0.25) is 0 Å². The number of halogens is 2. The maximum Gasteiger partial charge on any atom is 0.257 e. The zero-order chi connectivity index (χ0) is 26.8. The molecule has 0 saturated carbocycles. The third kappa shape index (κ3) is 5.35. The molecule has 0 spiro atoms. The Morgan fingerprint density at radius 3 is 2.47 bits per heavy atom. The highest BCUT2D eigenvalue weighted by Gasteiger charge is 2.41. The molecule has 8 heteroatoms. The molecule has 2 aliphatic heterocycles. The third-order valence-corrected chi connectivity index (χ3v) is 8.42. The molecule has 6 nitrogen and oxygen atoms in total. The number of hydrazone groups is 1. The minimum Gasteiger partial charge on any atom is -0.345 e. The number of hydrogen-bond donors (Lipinski definition) is 1. The second-order valence-electron chi connectivity index (χ2n) is 9.61. The highest BCUT2D eigenvalue weighted by molar-refractivity contribution is 9.12. The molecule has 2 amide bonds. The van der Waals surface area contributed by atoms with E-state index in [4.69, 9.17) is 5.10 Å². The van der Waals surface area contributed by atoms with Crippen LogP contribution in [-0.2, 0) is 9.59 Å². The van der Waals surface area contributed by atoms with Gasteiger partial charge in [-0.3, -0.25) is 14.5 Å². The van der Waals surface area contributed by atoms with Crippen molar-refractivity contribution < 1.29 is 9.59 Å². The van der Waals surface area contributed by atoms with Crippen LogP contribution in [0.3, 0.4) is 0 Å². The molecule has 0 saturated heterocycles. The van der Waals surface area contributed by atoms with Gasteiger partial charge in [0, 0.05) is 21.3 Å². The number of rotatable bonds is 7. The molecule has 2 aromatic carbocycles. The van der Waals surface area contributed by atoms with Gasteiger partial charge in [-0.1, -0.05) is 106 Å². The number of amides is 2. The summed E-state index contributed by atoms with van der Waals surface area (Å²) in [7, 11) is 0. The number of carbonyl (C=O) groups is 2. The highest BCUT2D eigenvalue weighted by Crippen LogP contribution is 2.42. The molecule has 1 N–H and O–H groups in total. The van der Waals surface area contributed by atoms with E-state index in [0.29, 0.717) is 17.7 Å². The number of nitrogens with zero attached hydrogens (tertiary/aromatic N) is 3. The molecule has 2 heterocycles. The summed E-state index contributed by atoms with van der Waals surface area (Å²) in [6, 6.07) is 17.6. The molecule has 3 atom stereocenters. The Bertz CT molecular complexity index is 1340. The van der Waals surface area contributed by atoms with Crippen molar-refractivity contribution >= 4 is 55.0 Å². The lowest BCUT2D eigenvalue weighted by Gasteiger charge is -2.35. The molecule has 38 heavy (non-hydrogen) atoms. The Morgan fingerprint density at radius 2 is 1.79 bits per heavy atom. The van der Waals surface area contributed by atoms with Crippen LogP contribution >= 0.6 is 31.9 Å². The highest BCUT2D eigenvalue weighted by atomic mass is 79.9. The van der Waals surface area contributed by atoms with Crippen molar-refractivity contribution in [2.24, 2.45) is 11.0 Å². The van der Waals surface area contributed by atoms with E-state index >= 15 is 0 Å². The topological polar surface area (TPSA) is 65.0 Å². The predicted octanol–water partition coefficient (Wildman–Crippen LogP) is 5.84. The number of nitrogens with one attached hydrogen (secondary N) is 1. The summed E-state index contributed by atoms with van der Waals surface area (Å²) in [5, 5.41) is 9.66. The molecule has 3 aliphatic rings. The smallest absolute Gasteiger partial charge is 0.257 e. The molecular formula is C30H30Br2N4O2. The molecule has 3 unspecified atom stereocenters. The lowest BCUT2D eigenvalue weighted by Crippen LogP contribution is -2.46. The Kier molecular flexibility index (Phi) is 8.12. The molecule has 2 aromatic rings. The first kappa shape index (κ1) is 26.8. The van der Waals surface area contributed by atoms with Crippen molar-refractivity contribution in [1.82, 2.24) is 15.2 Å². The fraction of sp³-hybridized carbons (Fsp3) is 0.300. The first-order valence-corrected chi connectivity index (χ1v) is 14.5. The maximum atomic E-state index is 13.7. The standard InChI is InChI=1S/C30H30Br2N4O2/c1-3-35(4-2)18-27(37)36-26(19-10-12-21(31)13-11-19)17-25(34-36)29-28(20-8-6-5-7-9-20)23-16-22(32)14-15-24(23)33-30(29)38/h5-16,23-24,26H,3-4,17-18H2,1-2H3,(H,33,38). The van der Waals surface area contributed by atoms with E-state index in [9.17, 15) is 9.59 Å². The Morgan fingerprint density at radius 1 is 1.08 bits per heavy atom. The quantitative estimate of drug-likeness (QED) is 0.415. The van der Waals surface area contributed by atoms with Crippen LogP contribution in [0.1, 0.15) is 37.4 Å². The van der Waals surface area contributed by atoms with E-state index in [0.717, 1.165) is 38.7 Å². The lowest BCUT2D eigenvalue weighted by atomic mass is 9.77. The van der Waals surface area contributed by atoms with Gasteiger partial charge >= 0.3 is 0 Å². The van der Waals surface area contributed by atoms with E-state index in [1.54, 1.807) is 5.01 Å². The van der Waals surface area contributed by atoms with Crippen LogP contribution < -0.4 is 5.32 Å². The predicted molar refractivity (Wildman–Crippen MR) is 159 cm³/mol. The van der Waals surface area contributed by atoms with E-state index in [-0.39, 0.29) is 36.4 Å². The maximum absolute atomic E-state index is 13.7. The molecule has 0 fully saturated rings. The number of hydrogen-bond acceptors (Lipinski definition) is 4. The zero-order valence-electron chi connectivity index (χ0n) is 21.4. The monoisotopic (exact) mass is 636 g/mol. The first-order chi connectivity index (χ1) is 18.4. The summed E-state index contributed by atoms with van der Waals surface area (Å²) in [5.41, 5.74) is 4.10. The average Bonchev–Trinajstić information content (AvgIpc) is 3.37. The fourth-order valence-corrected chi connectivity index (χ4v) is 6.05. The zero-order valence-corrected chi connectivity index (χ0v) is 24.6. The van der Waals surface area contributed by atoms with Gasteiger partial charge in [0.15, 0.2) is 0 Å². The van der Waals surface area contributed by atoms with Crippen LogP contribution in [0.4, 0.5) is 0 Å². The molecule has 0 bridgehead atoms. The Hall–Kier alpha value is -2.81. The van der Waals surface area contributed by atoms with Crippen molar-refractivity contribution in [2.45, 2.75) is 32.4 Å². The molecule has 0 radical (unpaired) electrons. The summed E-state index contributed by atoms with van der Waals surface area (Å²) >= 11 is 7.14. The van der Waals surface area contributed by atoms with Crippen LogP contribution in [-0.4, -0.2) is 53.1 Å². The van der Waals surface area contributed by atoms with Gasteiger partial charge in [-0.05, 0) is 41.9 Å². The molecule has 5 rings (SSSR count). The van der Waals surface area contributed by atoms with E-state index in [1.807, 2.05) is 80.6 Å². The van der Waals surface area contributed by atoms with Crippen LogP contribution in [0.2, 0.25) is 0 Å². The number of likely N-dealkylation sites (N-methyl/N-ethyl adjacent to an activating group) is 1. The first-order valence-electron chi connectivity index (χ1n) is 12.9.